The van der Waals surface area contributed by atoms with E-state index in [1.807, 2.05) is 11.3 Å². The van der Waals surface area contributed by atoms with Gasteiger partial charge in [0, 0.05) is 20.2 Å². The third kappa shape index (κ3) is 3.97. The topological polar surface area (TPSA) is 0 Å². The van der Waals surface area contributed by atoms with Crippen LogP contribution in [0.4, 0.5) is 0 Å². The number of hydrogen-bond donors (Lipinski definition) is 0. The molecule has 208 valence electrons. The number of benzene rings is 7. The van der Waals surface area contributed by atoms with Crippen molar-refractivity contribution in [1.82, 2.24) is 0 Å². The molecule has 1 aliphatic rings. The van der Waals surface area contributed by atoms with Gasteiger partial charge in [-0.2, -0.15) is 0 Å². The van der Waals surface area contributed by atoms with Gasteiger partial charge >= 0.3 is 0 Å². The summed E-state index contributed by atoms with van der Waals surface area (Å²) in [7, 11) is 0. The van der Waals surface area contributed by atoms with E-state index in [0.717, 1.165) is 6.42 Å². The van der Waals surface area contributed by atoms with Crippen LogP contribution in [0.1, 0.15) is 18.9 Å². The van der Waals surface area contributed by atoms with Gasteiger partial charge in [0.15, 0.2) is 0 Å². The minimum atomic E-state index is 0.611. The number of thiophene rings is 1. The highest BCUT2D eigenvalue weighted by atomic mass is 32.1. The Bertz CT molecular complexity index is 2450. The summed E-state index contributed by atoms with van der Waals surface area (Å²) < 4.78 is 2.74. The minimum absolute atomic E-state index is 0.611. The SMILES string of the molecule is CC1C=CC(c2cccc3c2sc2c(-c4cccc(-c5ccc6c7ccccc7c7ccccc7c6c5)c4)cccc23)=CC1. The van der Waals surface area contributed by atoms with Crippen LogP contribution in [-0.4, -0.2) is 0 Å². The summed E-state index contributed by atoms with van der Waals surface area (Å²) in [4.78, 5) is 0. The Morgan fingerprint density at radius 2 is 1.02 bits per heavy atom. The average Bonchev–Trinajstić information content (AvgIpc) is 3.48. The zero-order chi connectivity index (χ0) is 29.2. The number of rotatable bonds is 3. The van der Waals surface area contributed by atoms with Gasteiger partial charge in [-0.25, -0.2) is 0 Å². The second kappa shape index (κ2) is 10.0. The molecule has 0 N–H and O–H groups in total. The molecule has 1 unspecified atom stereocenters. The van der Waals surface area contributed by atoms with Crippen molar-refractivity contribution in [1.29, 1.82) is 0 Å². The molecule has 1 heterocycles. The lowest BCUT2D eigenvalue weighted by molar-refractivity contribution is 0.739. The Labute approximate surface area is 261 Å². The van der Waals surface area contributed by atoms with Crippen molar-refractivity contribution in [2.24, 2.45) is 5.92 Å². The van der Waals surface area contributed by atoms with E-state index in [9.17, 15) is 0 Å². The van der Waals surface area contributed by atoms with Gasteiger partial charge in [0.05, 0.1) is 0 Å². The van der Waals surface area contributed by atoms with E-state index in [1.165, 1.54) is 85.9 Å². The van der Waals surface area contributed by atoms with Gasteiger partial charge in [-0.05, 0) is 90.2 Å². The van der Waals surface area contributed by atoms with E-state index in [1.54, 1.807) is 0 Å². The second-order valence-corrected chi connectivity index (χ2v) is 13.2. The maximum absolute atomic E-state index is 2.41. The van der Waals surface area contributed by atoms with Crippen LogP contribution in [0, 0.1) is 5.92 Å². The summed E-state index contributed by atoms with van der Waals surface area (Å²) in [5.74, 6) is 0.611. The molecule has 9 rings (SSSR count). The van der Waals surface area contributed by atoms with E-state index >= 15 is 0 Å². The number of hydrogen-bond acceptors (Lipinski definition) is 1. The van der Waals surface area contributed by atoms with Gasteiger partial charge in [0.1, 0.15) is 0 Å². The third-order valence-electron chi connectivity index (χ3n) is 9.40. The van der Waals surface area contributed by atoms with Gasteiger partial charge in [-0.1, -0.05) is 140 Å². The van der Waals surface area contributed by atoms with Crippen molar-refractivity contribution in [3.05, 3.63) is 151 Å². The fourth-order valence-electron chi connectivity index (χ4n) is 7.16. The molecule has 1 heteroatoms. The van der Waals surface area contributed by atoms with Crippen LogP contribution in [0.2, 0.25) is 0 Å². The van der Waals surface area contributed by atoms with Gasteiger partial charge in [0.2, 0.25) is 0 Å². The highest BCUT2D eigenvalue weighted by Crippen LogP contribution is 2.44. The predicted octanol–water partition coefficient (Wildman–Crippen LogP) is 12.8. The molecular weight excluding hydrogens is 549 g/mol. The Balaban J connectivity index is 1.20. The molecular formula is C43H30S. The summed E-state index contributed by atoms with van der Waals surface area (Å²) in [6.45, 7) is 2.28. The van der Waals surface area contributed by atoms with Crippen LogP contribution in [0.25, 0.3) is 80.3 Å². The molecule has 1 aliphatic carbocycles. The molecule has 0 amide bonds. The lowest BCUT2D eigenvalue weighted by atomic mass is 9.91. The molecule has 0 nitrogen and oxygen atoms in total. The van der Waals surface area contributed by atoms with Crippen molar-refractivity contribution in [2.75, 3.05) is 0 Å². The lowest BCUT2D eigenvalue weighted by Gasteiger charge is -2.12. The summed E-state index contributed by atoms with van der Waals surface area (Å²) >= 11 is 1.94. The van der Waals surface area contributed by atoms with Crippen LogP contribution < -0.4 is 0 Å². The van der Waals surface area contributed by atoms with E-state index < -0.39 is 0 Å². The zero-order valence-corrected chi connectivity index (χ0v) is 25.4. The molecule has 0 saturated heterocycles. The van der Waals surface area contributed by atoms with Crippen LogP contribution in [-0.2, 0) is 0 Å². The van der Waals surface area contributed by atoms with Crippen molar-refractivity contribution in [2.45, 2.75) is 13.3 Å². The first-order valence-corrected chi connectivity index (χ1v) is 16.3. The van der Waals surface area contributed by atoms with E-state index in [0.29, 0.717) is 5.92 Å². The number of allylic oxidation sites excluding steroid dienone is 4. The van der Waals surface area contributed by atoms with Crippen LogP contribution >= 0.6 is 11.3 Å². The highest BCUT2D eigenvalue weighted by Gasteiger charge is 2.16. The first-order chi connectivity index (χ1) is 21.7. The first kappa shape index (κ1) is 25.5. The molecule has 0 fully saturated rings. The first-order valence-electron chi connectivity index (χ1n) is 15.5. The summed E-state index contributed by atoms with van der Waals surface area (Å²) in [5.41, 5.74) is 7.75. The Kier molecular flexibility index (Phi) is 5.82. The van der Waals surface area contributed by atoms with Crippen molar-refractivity contribution < 1.29 is 0 Å². The maximum atomic E-state index is 2.41. The van der Waals surface area contributed by atoms with Crippen LogP contribution in [0.15, 0.2) is 146 Å². The Morgan fingerprint density at radius 1 is 0.477 bits per heavy atom. The van der Waals surface area contributed by atoms with Crippen LogP contribution in [0.3, 0.4) is 0 Å². The Morgan fingerprint density at radius 3 is 1.70 bits per heavy atom. The lowest BCUT2D eigenvalue weighted by Crippen LogP contribution is -1.94. The van der Waals surface area contributed by atoms with Crippen molar-refractivity contribution in [3.8, 4) is 22.3 Å². The van der Waals surface area contributed by atoms with Crippen LogP contribution in [0.5, 0.6) is 0 Å². The largest absolute Gasteiger partial charge is 0.134 e. The molecule has 0 bridgehead atoms. The standard InChI is InChI=1S/C43H30S/c1-27-19-21-28(22-20-27)32-15-7-17-39-40-18-8-16-33(43(40)44-42(32)39)31-10-6-9-29(25-31)30-23-24-38-36-13-3-2-11-34(36)35-12-4-5-14-37(35)41(38)26-30/h2-19,21-27H,20H2,1H3. The minimum Gasteiger partial charge on any atom is -0.134 e. The van der Waals surface area contributed by atoms with Gasteiger partial charge in [-0.15, -0.1) is 11.3 Å². The quantitative estimate of drug-likeness (QED) is 0.183. The second-order valence-electron chi connectivity index (χ2n) is 12.1. The predicted molar refractivity (Wildman–Crippen MR) is 194 cm³/mol. The van der Waals surface area contributed by atoms with Gasteiger partial charge < -0.3 is 0 Å². The fraction of sp³-hybridized carbons (Fsp3) is 0.0698. The van der Waals surface area contributed by atoms with E-state index in [-0.39, 0.29) is 0 Å². The molecule has 0 radical (unpaired) electrons. The molecule has 0 aliphatic heterocycles. The zero-order valence-electron chi connectivity index (χ0n) is 24.5. The summed E-state index contributed by atoms with van der Waals surface area (Å²) in [5, 5.41) is 10.6. The van der Waals surface area contributed by atoms with Crippen molar-refractivity contribution >= 4 is 69.4 Å². The third-order valence-corrected chi connectivity index (χ3v) is 10.7. The molecule has 1 aromatic heterocycles. The monoisotopic (exact) mass is 578 g/mol. The molecule has 44 heavy (non-hydrogen) atoms. The van der Waals surface area contributed by atoms with E-state index in [4.69, 9.17) is 0 Å². The molecule has 0 saturated carbocycles. The summed E-state index contributed by atoms with van der Waals surface area (Å²) in [6, 6.07) is 47.3. The normalized spacial score (nSPS) is 15.1. The highest BCUT2D eigenvalue weighted by molar-refractivity contribution is 7.26. The molecule has 0 spiro atoms. The van der Waals surface area contributed by atoms with Gasteiger partial charge in [0.25, 0.3) is 0 Å². The fourth-order valence-corrected chi connectivity index (χ4v) is 8.53. The molecule has 8 aromatic rings. The average molecular weight is 579 g/mol. The van der Waals surface area contributed by atoms with Crippen molar-refractivity contribution in [3.63, 3.8) is 0 Å². The summed E-state index contributed by atoms with van der Waals surface area (Å²) in [6.07, 6.45) is 8.17. The molecule has 7 aromatic carbocycles. The smallest absolute Gasteiger partial charge is 0.0434 e. The van der Waals surface area contributed by atoms with E-state index in [2.05, 4.69) is 153 Å². The van der Waals surface area contributed by atoms with Gasteiger partial charge in [-0.3, -0.25) is 0 Å². The number of fused-ring (bicyclic) bond motifs is 9. The maximum Gasteiger partial charge on any atom is 0.0434 e. The Hall–Kier alpha value is -4.98. The molecule has 1 atom stereocenters.